The van der Waals surface area contributed by atoms with Gasteiger partial charge in [0, 0.05) is 48.4 Å². The molecular weight excluding hydrogens is 557 g/mol. The number of fused-ring (bicyclic) bond motifs is 4. The number of aliphatic carboxylic acids is 1. The minimum Gasteiger partial charge on any atom is -0.870 e. The monoisotopic (exact) mass is 596 g/mol. The van der Waals surface area contributed by atoms with E-state index in [1.54, 1.807) is 18.2 Å². The van der Waals surface area contributed by atoms with Gasteiger partial charge in [-0.3, -0.25) is 19.4 Å². The number of carbonyl (C=O) groups is 2. The molecule has 0 amide bonds. The van der Waals surface area contributed by atoms with Crippen molar-refractivity contribution in [1.29, 1.82) is 0 Å². The second kappa shape index (κ2) is 15.5. The summed E-state index contributed by atoms with van der Waals surface area (Å²) >= 11 is 0. The summed E-state index contributed by atoms with van der Waals surface area (Å²) in [6.45, 7) is 1.13. The Labute approximate surface area is 283 Å². The Morgan fingerprint density at radius 3 is 1.61 bits per heavy atom. The van der Waals surface area contributed by atoms with E-state index in [2.05, 4.69) is 9.80 Å². The Morgan fingerprint density at radius 1 is 0.756 bits per heavy atom. The Hall–Kier alpha value is -1.24. The van der Waals surface area contributed by atoms with E-state index in [1.807, 2.05) is 18.2 Å². The summed E-state index contributed by atoms with van der Waals surface area (Å²) < 4.78 is 32.5. The molecule has 10 heteroatoms. The first-order valence-electron chi connectivity index (χ1n) is 14.2. The maximum atomic E-state index is 13.8. The minimum atomic E-state index is -0.705. The quantitative estimate of drug-likeness (QED) is 0.403. The average Bonchev–Trinajstić information content (AvgIpc) is 3.32. The molecule has 2 aromatic carbocycles. The third-order valence-corrected chi connectivity index (χ3v) is 9.37. The molecule has 6 rings (SSSR count). The Balaban J connectivity index is 0.000000215. The van der Waals surface area contributed by atoms with Gasteiger partial charge in [-0.15, -0.1) is 0 Å². The number of carboxylic acids is 1. The molecule has 0 saturated carbocycles. The predicted octanol–water partition coefficient (Wildman–Crippen LogP) is 2.22. The first kappa shape index (κ1) is 34.2. The van der Waals surface area contributed by atoms with Crippen molar-refractivity contribution in [2.45, 2.75) is 88.6 Å². The van der Waals surface area contributed by atoms with Crippen LogP contribution in [0.1, 0.15) is 62.5 Å². The van der Waals surface area contributed by atoms with Gasteiger partial charge >= 0.3 is 63.3 Å². The smallest absolute Gasteiger partial charge is 0.870 e. The van der Waals surface area contributed by atoms with Crippen LogP contribution >= 0.6 is 0 Å². The Bertz CT molecular complexity index is 1190. The van der Waals surface area contributed by atoms with Crippen molar-refractivity contribution in [2.75, 3.05) is 7.11 Å². The predicted molar refractivity (Wildman–Crippen MR) is 145 cm³/mol. The molecule has 7 nitrogen and oxygen atoms in total. The molecule has 2 aromatic rings. The van der Waals surface area contributed by atoms with E-state index < -0.39 is 5.97 Å². The van der Waals surface area contributed by atoms with Gasteiger partial charge in [-0.1, -0.05) is 36.4 Å². The van der Waals surface area contributed by atoms with Crippen molar-refractivity contribution in [3.05, 3.63) is 71.3 Å². The number of hydrogen-bond donors (Lipinski definition) is 1. The van der Waals surface area contributed by atoms with Crippen molar-refractivity contribution < 1.29 is 85.1 Å². The first-order chi connectivity index (χ1) is 18.9. The molecular formula is C31H39F2KN2O5. The first-order valence-corrected chi connectivity index (χ1v) is 14.2. The fourth-order valence-electron chi connectivity index (χ4n) is 7.40. The van der Waals surface area contributed by atoms with E-state index >= 15 is 0 Å². The summed E-state index contributed by atoms with van der Waals surface area (Å²) in [5.41, 5.74) is 1.39. The summed E-state index contributed by atoms with van der Waals surface area (Å²) in [4.78, 5) is 27.7. The molecule has 4 aliphatic heterocycles. The van der Waals surface area contributed by atoms with Gasteiger partial charge in [0.1, 0.15) is 11.6 Å². The number of methoxy groups -OCH3 is 1. The van der Waals surface area contributed by atoms with Gasteiger partial charge in [0.05, 0.1) is 18.9 Å². The number of carbonyl (C=O) groups excluding carboxylic acids is 1. The molecule has 4 aliphatic rings. The number of benzene rings is 2. The van der Waals surface area contributed by atoms with Crippen molar-refractivity contribution >= 4 is 11.9 Å². The maximum absolute atomic E-state index is 13.8. The van der Waals surface area contributed by atoms with Crippen LogP contribution in [0.4, 0.5) is 8.78 Å². The molecule has 4 fully saturated rings. The van der Waals surface area contributed by atoms with Gasteiger partial charge in [-0.2, -0.15) is 0 Å². The van der Waals surface area contributed by atoms with Crippen molar-refractivity contribution in [3.8, 4) is 0 Å². The van der Waals surface area contributed by atoms with Crippen LogP contribution in [0.15, 0.2) is 48.5 Å². The molecule has 4 saturated heterocycles. The maximum Gasteiger partial charge on any atom is 1.00 e. The summed E-state index contributed by atoms with van der Waals surface area (Å²) in [6, 6.07) is 14.9. The Morgan fingerprint density at radius 2 is 1.17 bits per heavy atom. The zero-order chi connectivity index (χ0) is 27.5. The van der Waals surface area contributed by atoms with Crippen LogP contribution < -0.4 is 51.4 Å². The Kier molecular flexibility index (Phi) is 12.9. The third-order valence-electron chi connectivity index (χ3n) is 9.37. The molecule has 0 aliphatic carbocycles. The standard InChI is InChI=1S/C16H20FNO2.C15H18FNO2.K.H2O/c1-20-16(19)13-8-6-12-7-9-15(13)18(12)10-11-4-2-3-5-14(11)17;16-13-4-2-1-3-10(13)9-17-11-5-7-12(15(18)19)14(17)8-6-11;;/h2-5,12-13,15H,6-10H2,1H3;1-4,11-12,14H,5-9H2,(H,18,19);;1H2/q;;+1;/p-1. The van der Waals surface area contributed by atoms with Crippen molar-refractivity contribution in [2.24, 2.45) is 11.8 Å². The van der Waals surface area contributed by atoms with Gasteiger partial charge in [-0.05, 0) is 63.5 Å². The SMILES string of the molecule is COC(=O)C1CCC2CCC1N2Cc1ccccc1F.O=C(O)C1CCC2CCC1N2Cc1ccccc1F.[K+].[OH-]. The number of ether oxygens (including phenoxy) is 1. The topological polar surface area (TPSA) is 100 Å². The van der Waals surface area contributed by atoms with Gasteiger partial charge in [0.15, 0.2) is 0 Å². The molecule has 4 bridgehead atoms. The number of rotatable bonds is 6. The zero-order valence-corrected chi connectivity index (χ0v) is 27.0. The second-order valence-electron chi connectivity index (χ2n) is 11.4. The molecule has 0 radical (unpaired) electrons. The van der Waals surface area contributed by atoms with Crippen LogP contribution in [0.25, 0.3) is 0 Å². The van der Waals surface area contributed by atoms with Gasteiger partial charge in [0.2, 0.25) is 0 Å². The molecule has 2 N–H and O–H groups in total. The summed E-state index contributed by atoms with van der Waals surface area (Å²) in [7, 11) is 1.45. The second-order valence-corrected chi connectivity index (χ2v) is 11.4. The third kappa shape index (κ3) is 7.65. The van der Waals surface area contributed by atoms with Crippen LogP contribution in [0.2, 0.25) is 0 Å². The van der Waals surface area contributed by atoms with Crippen LogP contribution in [-0.4, -0.2) is 63.6 Å². The van der Waals surface area contributed by atoms with Crippen LogP contribution in [0, 0.1) is 23.5 Å². The van der Waals surface area contributed by atoms with Gasteiger partial charge < -0.3 is 15.3 Å². The number of carboxylic acid groups (broad SMARTS) is 1. The fraction of sp³-hybridized carbons (Fsp3) is 0.548. The molecule has 0 spiro atoms. The minimum absolute atomic E-state index is 0. The molecule has 0 aromatic heterocycles. The van der Waals surface area contributed by atoms with Gasteiger partial charge in [0.25, 0.3) is 0 Å². The largest absolute Gasteiger partial charge is 1.00 e. The number of hydrogen-bond acceptors (Lipinski definition) is 6. The van der Waals surface area contributed by atoms with Crippen molar-refractivity contribution in [1.82, 2.24) is 9.80 Å². The molecule has 41 heavy (non-hydrogen) atoms. The molecule has 218 valence electrons. The molecule has 6 atom stereocenters. The van der Waals surface area contributed by atoms with E-state index in [4.69, 9.17) is 4.74 Å². The van der Waals surface area contributed by atoms with E-state index in [9.17, 15) is 23.5 Å². The zero-order valence-electron chi connectivity index (χ0n) is 23.9. The summed E-state index contributed by atoms with van der Waals surface area (Å²) in [5, 5.41) is 9.30. The normalized spacial score (nSPS) is 28.5. The van der Waals surface area contributed by atoms with E-state index in [0.29, 0.717) is 30.7 Å². The summed E-state index contributed by atoms with van der Waals surface area (Å²) in [6.07, 6.45) is 7.67. The molecule has 6 unspecified atom stereocenters. The van der Waals surface area contributed by atoms with Crippen LogP contribution in [0.5, 0.6) is 0 Å². The molecule has 4 heterocycles. The number of esters is 1. The summed E-state index contributed by atoms with van der Waals surface area (Å²) in [5.74, 6) is -1.51. The van der Waals surface area contributed by atoms with E-state index in [1.165, 1.54) is 19.2 Å². The van der Waals surface area contributed by atoms with Crippen LogP contribution in [-0.2, 0) is 27.4 Å². The number of nitrogens with zero attached hydrogens (tertiary/aromatic N) is 2. The van der Waals surface area contributed by atoms with Gasteiger partial charge in [-0.25, -0.2) is 8.78 Å². The number of halogens is 2. The fourth-order valence-corrected chi connectivity index (χ4v) is 7.40. The number of piperidine rings is 2. The average molecular weight is 597 g/mol. The van der Waals surface area contributed by atoms with E-state index in [-0.39, 0.29) is 98.4 Å². The van der Waals surface area contributed by atoms with Crippen LogP contribution in [0.3, 0.4) is 0 Å². The van der Waals surface area contributed by atoms with Crippen molar-refractivity contribution in [3.63, 3.8) is 0 Å². The van der Waals surface area contributed by atoms with E-state index in [0.717, 1.165) is 56.9 Å².